The summed E-state index contributed by atoms with van der Waals surface area (Å²) in [4.78, 5) is 24.1. The number of anilines is 1. The van der Waals surface area contributed by atoms with Crippen molar-refractivity contribution in [1.29, 1.82) is 0 Å². The van der Waals surface area contributed by atoms with Crippen LogP contribution in [0, 0.1) is 16.0 Å². The molecule has 0 aliphatic heterocycles. The fraction of sp³-hybridized carbons (Fsp3) is 0.381. The molecule has 1 fully saturated rings. The lowest BCUT2D eigenvalue weighted by Crippen LogP contribution is -2.29. The number of thioether (sulfide) groups is 1. The molecule has 2 aromatic carbocycles. The normalized spacial score (nSPS) is 13.7. The van der Waals surface area contributed by atoms with Gasteiger partial charge in [0.15, 0.2) is 0 Å². The van der Waals surface area contributed by atoms with Gasteiger partial charge in [0.25, 0.3) is 11.6 Å². The Labute approximate surface area is 191 Å². The van der Waals surface area contributed by atoms with Crippen molar-refractivity contribution in [2.45, 2.75) is 48.9 Å². The molecule has 0 bridgehead atoms. The molecule has 1 saturated carbocycles. The van der Waals surface area contributed by atoms with E-state index in [1.807, 2.05) is 0 Å². The number of carbonyl (C=O) groups is 1. The van der Waals surface area contributed by atoms with Crippen molar-refractivity contribution in [1.82, 2.24) is 10.1 Å². The van der Waals surface area contributed by atoms with Crippen LogP contribution in [0.15, 0.2) is 52.3 Å². The maximum atomic E-state index is 12.5. The van der Waals surface area contributed by atoms with Gasteiger partial charge in [-0.3, -0.25) is 25.8 Å². The molecule has 1 aliphatic rings. The number of hydrazine groups is 1. The number of nitro groups is 1. The van der Waals surface area contributed by atoms with Gasteiger partial charge in [0.2, 0.25) is 10.0 Å². The van der Waals surface area contributed by atoms with E-state index in [9.17, 15) is 23.3 Å². The average Bonchev–Trinajstić information content (AvgIpc) is 3.55. The molecule has 0 saturated heterocycles. The van der Waals surface area contributed by atoms with E-state index in [-0.39, 0.29) is 22.2 Å². The standard InChI is InChI=1S/C21H26N4O5S2/c1-14(2)11-12-31-20-10-3-15(13-19(20)25(27)28)21(26)23-22-16-6-8-18(9-7-16)32(29,30)24-17-4-5-17/h3,6-10,13-14,17,22,24H,4-5,11-12H2,1-2H3,(H,23,26). The highest BCUT2D eigenvalue weighted by Crippen LogP contribution is 2.31. The van der Waals surface area contributed by atoms with Crippen LogP contribution in [0.5, 0.6) is 0 Å². The summed E-state index contributed by atoms with van der Waals surface area (Å²) in [7, 11) is -3.55. The van der Waals surface area contributed by atoms with Gasteiger partial charge in [-0.15, -0.1) is 11.8 Å². The van der Waals surface area contributed by atoms with Gasteiger partial charge < -0.3 is 0 Å². The molecule has 0 radical (unpaired) electrons. The summed E-state index contributed by atoms with van der Waals surface area (Å²) >= 11 is 1.40. The molecule has 2 aromatic rings. The van der Waals surface area contributed by atoms with Crippen molar-refractivity contribution in [2.24, 2.45) is 5.92 Å². The van der Waals surface area contributed by atoms with Crippen LogP contribution < -0.4 is 15.6 Å². The SMILES string of the molecule is CC(C)CCSc1ccc(C(=O)NNc2ccc(S(=O)(=O)NC3CC3)cc2)cc1[N+](=O)[O-]. The number of carbonyl (C=O) groups excluding carboxylic acids is 1. The van der Waals surface area contributed by atoms with Crippen molar-refractivity contribution in [2.75, 3.05) is 11.2 Å². The Bertz CT molecular complexity index is 1080. The molecule has 0 unspecified atom stereocenters. The third kappa shape index (κ3) is 6.68. The summed E-state index contributed by atoms with van der Waals surface area (Å²) in [6.07, 6.45) is 2.63. The lowest BCUT2D eigenvalue weighted by molar-refractivity contribution is -0.387. The number of nitrogens with one attached hydrogen (secondary N) is 3. The van der Waals surface area contributed by atoms with E-state index in [0.717, 1.165) is 25.0 Å². The molecule has 32 heavy (non-hydrogen) atoms. The largest absolute Gasteiger partial charge is 0.298 e. The van der Waals surface area contributed by atoms with Crippen LogP contribution >= 0.6 is 11.8 Å². The molecule has 0 aromatic heterocycles. The topological polar surface area (TPSA) is 130 Å². The van der Waals surface area contributed by atoms with Crippen molar-refractivity contribution in [3.63, 3.8) is 0 Å². The van der Waals surface area contributed by atoms with Crippen molar-refractivity contribution < 1.29 is 18.1 Å². The van der Waals surface area contributed by atoms with Crippen molar-refractivity contribution >= 4 is 39.1 Å². The molecular weight excluding hydrogens is 452 g/mol. The summed E-state index contributed by atoms with van der Waals surface area (Å²) in [5, 5.41) is 11.4. The monoisotopic (exact) mass is 478 g/mol. The van der Waals surface area contributed by atoms with E-state index in [2.05, 4.69) is 29.4 Å². The molecule has 3 N–H and O–H groups in total. The van der Waals surface area contributed by atoms with E-state index in [1.54, 1.807) is 12.1 Å². The smallest absolute Gasteiger partial charge is 0.283 e. The van der Waals surface area contributed by atoms with Crippen LogP contribution in [0.4, 0.5) is 11.4 Å². The molecule has 11 heteroatoms. The predicted octanol–water partition coefficient (Wildman–Crippen LogP) is 3.93. The van der Waals surface area contributed by atoms with Gasteiger partial charge in [0, 0.05) is 17.7 Å². The zero-order chi connectivity index (χ0) is 23.3. The zero-order valence-corrected chi connectivity index (χ0v) is 19.5. The number of rotatable bonds is 11. The molecule has 9 nitrogen and oxygen atoms in total. The Morgan fingerprint density at radius 3 is 2.47 bits per heavy atom. The van der Waals surface area contributed by atoms with E-state index < -0.39 is 20.9 Å². The van der Waals surface area contributed by atoms with Gasteiger partial charge in [0.05, 0.1) is 20.4 Å². The number of benzene rings is 2. The van der Waals surface area contributed by atoms with Gasteiger partial charge in [-0.2, -0.15) is 0 Å². The third-order valence-electron chi connectivity index (χ3n) is 4.75. The number of hydrogen-bond acceptors (Lipinski definition) is 7. The van der Waals surface area contributed by atoms with Gasteiger partial charge >= 0.3 is 0 Å². The number of amides is 1. The lowest BCUT2D eigenvalue weighted by Gasteiger charge is -2.11. The first kappa shape index (κ1) is 24.0. The van der Waals surface area contributed by atoms with Crippen LogP contribution in [-0.2, 0) is 10.0 Å². The first-order chi connectivity index (χ1) is 15.2. The number of sulfonamides is 1. The molecule has 1 aliphatic carbocycles. The summed E-state index contributed by atoms with van der Waals surface area (Å²) in [6.45, 7) is 4.18. The molecule has 0 spiro atoms. The number of hydrogen-bond donors (Lipinski definition) is 3. The Hall–Kier alpha value is -2.63. The van der Waals surface area contributed by atoms with Crippen molar-refractivity contribution in [3.05, 3.63) is 58.1 Å². The predicted molar refractivity (Wildman–Crippen MR) is 124 cm³/mol. The molecule has 0 heterocycles. The second-order valence-corrected chi connectivity index (χ2v) is 10.8. The quantitative estimate of drug-likeness (QED) is 0.253. The van der Waals surface area contributed by atoms with Crippen LogP contribution in [0.2, 0.25) is 0 Å². The second kappa shape index (κ2) is 10.3. The summed E-state index contributed by atoms with van der Waals surface area (Å²) in [5.74, 6) is 0.716. The summed E-state index contributed by atoms with van der Waals surface area (Å²) < 4.78 is 27.0. The first-order valence-corrected chi connectivity index (χ1v) is 12.7. The Morgan fingerprint density at radius 2 is 1.88 bits per heavy atom. The maximum Gasteiger partial charge on any atom is 0.283 e. The van der Waals surface area contributed by atoms with E-state index >= 15 is 0 Å². The average molecular weight is 479 g/mol. The minimum absolute atomic E-state index is 0.0149. The molecule has 172 valence electrons. The van der Waals surface area contributed by atoms with E-state index in [1.165, 1.54) is 42.1 Å². The Balaban J connectivity index is 1.61. The summed E-state index contributed by atoms with van der Waals surface area (Å²) in [5.41, 5.74) is 5.68. The fourth-order valence-electron chi connectivity index (χ4n) is 2.74. The first-order valence-electron chi connectivity index (χ1n) is 10.3. The fourth-order valence-corrected chi connectivity index (χ4v) is 5.29. The third-order valence-corrected chi connectivity index (χ3v) is 7.39. The van der Waals surface area contributed by atoms with Crippen LogP contribution in [0.3, 0.4) is 0 Å². The van der Waals surface area contributed by atoms with Crippen molar-refractivity contribution in [3.8, 4) is 0 Å². The Morgan fingerprint density at radius 1 is 1.19 bits per heavy atom. The highest BCUT2D eigenvalue weighted by atomic mass is 32.2. The highest BCUT2D eigenvalue weighted by molar-refractivity contribution is 7.99. The van der Waals surface area contributed by atoms with Gasteiger partial charge in [0.1, 0.15) is 0 Å². The zero-order valence-electron chi connectivity index (χ0n) is 17.8. The second-order valence-electron chi connectivity index (χ2n) is 7.97. The minimum atomic E-state index is -3.55. The van der Waals surface area contributed by atoms with E-state index in [4.69, 9.17) is 0 Å². The number of nitro benzene ring substituents is 1. The Kier molecular flexibility index (Phi) is 7.75. The maximum absolute atomic E-state index is 12.5. The van der Waals surface area contributed by atoms with E-state index in [0.29, 0.717) is 16.5 Å². The number of nitrogens with zero attached hydrogens (tertiary/aromatic N) is 1. The lowest BCUT2D eigenvalue weighted by atomic mass is 10.2. The van der Waals surface area contributed by atoms with Gasteiger partial charge in [-0.25, -0.2) is 13.1 Å². The highest BCUT2D eigenvalue weighted by Gasteiger charge is 2.27. The van der Waals surface area contributed by atoms with Gasteiger partial charge in [-0.1, -0.05) is 13.8 Å². The van der Waals surface area contributed by atoms with Crippen LogP contribution in [0.1, 0.15) is 43.5 Å². The van der Waals surface area contributed by atoms with Gasteiger partial charge in [-0.05, 0) is 67.3 Å². The molecular formula is C21H26N4O5S2. The van der Waals surface area contributed by atoms with Crippen LogP contribution in [-0.4, -0.2) is 31.0 Å². The van der Waals surface area contributed by atoms with Crippen LogP contribution in [0.25, 0.3) is 0 Å². The minimum Gasteiger partial charge on any atom is -0.298 e. The molecule has 3 rings (SSSR count). The molecule has 1 amide bonds. The molecule has 0 atom stereocenters. The summed E-state index contributed by atoms with van der Waals surface area (Å²) in [6, 6.07) is 10.3.